The van der Waals surface area contributed by atoms with Gasteiger partial charge in [-0.25, -0.2) is 0 Å². The molecule has 0 fully saturated rings. The molecule has 0 saturated carbocycles. The Morgan fingerprint density at radius 1 is 1.40 bits per heavy atom. The molecule has 0 aliphatic carbocycles. The summed E-state index contributed by atoms with van der Waals surface area (Å²) in [6.45, 7) is 0. The maximum absolute atomic E-state index is 3.93. The van der Waals surface area contributed by atoms with Gasteiger partial charge in [0, 0.05) is 31.4 Å². The van der Waals surface area contributed by atoms with Crippen LogP contribution in [0.3, 0.4) is 0 Å². The molecule has 2 nitrogen and oxygen atoms in total. The first kappa shape index (κ1) is 7.41. The minimum absolute atomic E-state index is 1.18. The zero-order chi connectivity index (χ0) is 7.40. The third kappa shape index (κ3) is 1.64. The summed E-state index contributed by atoms with van der Waals surface area (Å²) in [5, 5.41) is 0. The van der Waals surface area contributed by atoms with Gasteiger partial charge < -0.3 is 4.31 Å². The van der Waals surface area contributed by atoms with Crippen LogP contribution >= 0.6 is 11.9 Å². The summed E-state index contributed by atoms with van der Waals surface area (Å²) in [5.74, 6) is 0. The van der Waals surface area contributed by atoms with Crippen molar-refractivity contribution in [2.24, 2.45) is 0 Å². The van der Waals surface area contributed by atoms with Crippen LogP contribution in [0.15, 0.2) is 24.5 Å². The van der Waals surface area contributed by atoms with Gasteiger partial charge in [-0.2, -0.15) is 0 Å². The van der Waals surface area contributed by atoms with Crippen molar-refractivity contribution in [2.75, 3.05) is 17.6 Å². The number of hydrogen-bond donors (Lipinski definition) is 0. The van der Waals surface area contributed by atoms with E-state index in [1.807, 2.05) is 25.4 Å². The first-order valence-electron chi connectivity index (χ1n) is 3.02. The molecule has 1 aromatic rings. The molecular formula is C7H10N2S. The Bertz CT molecular complexity index is 188. The van der Waals surface area contributed by atoms with E-state index in [0.717, 1.165) is 0 Å². The maximum Gasteiger partial charge on any atom is 0.0497 e. The normalized spacial score (nSPS) is 9.40. The Labute approximate surface area is 65.4 Å². The Kier molecular flexibility index (Phi) is 2.57. The van der Waals surface area contributed by atoms with Gasteiger partial charge in [0.25, 0.3) is 0 Å². The van der Waals surface area contributed by atoms with Gasteiger partial charge in [-0.1, -0.05) is 11.9 Å². The highest BCUT2D eigenvalue weighted by Crippen LogP contribution is 2.15. The summed E-state index contributed by atoms with van der Waals surface area (Å²) in [5.41, 5.74) is 1.18. The van der Waals surface area contributed by atoms with Crippen molar-refractivity contribution < 1.29 is 0 Å². The van der Waals surface area contributed by atoms with Gasteiger partial charge in [0.15, 0.2) is 0 Å². The summed E-state index contributed by atoms with van der Waals surface area (Å²) >= 11 is 1.68. The lowest BCUT2D eigenvalue weighted by molar-refractivity contribution is 1.28. The molecule has 54 valence electrons. The standard InChI is InChI=1S/C7H10N2S/c1-9(10-2)7-3-5-8-6-4-7/h3-6H,1-2H3. The molecule has 1 heterocycles. The highest BCUT2D eigenvalue weighted by Gasteiger charge is 1.94. The van der Waals surface area contributed by atoms with Crippen molar-refractivity contribution in [1.82, 2.24) is 4.98 Å². The fourth-order valence-electron chi connectivity index (χ4n) is 0.659. The Morgan fingerprint density at radius 3 is 2.50 bits per heavy atom. The average Bonchev–Trinajstić information content (AvgIpc) is 2.05. The maximum atomic E-state index is 3.93. The lowest BCUT2D eigenvalue weighted by atomic mass is 10.4. The quantitative estimate of drug-likeness (QED) is 0.604. The van der Waals surface area contributed by atoms with E-state index >= 15 is 0 Å². The summed E-state index contributed by atoms with van der Waals surface area (Å²) in [7, 11) is 2.03. The molecule has 0 N–H and O–H groups in total. The summed E-state index contributed by atoms with van der Waals surface area (Å²) in [4.78, 5) is 3.93. The highest BCUT2D eigenvalue weighted by atomic mass is 32.2. The number of rotatable bonds is 2. The van der Waals surface area contributed by atoms with Crippen LogP contribution < -0.4 is 4.31 Å². The molecule has 0 aliphatic rings. The predicted octanol–water partition coefficient (Wildman–Crippen LogP) is 1.80. The largest absolute Gasteiger partial charge is 0.319 e. The van der Waals surface area contributed by atoms with E-state index in [4.69, 9.17) is 0 Å². The van der Waals surface area contributed by atoms with Crippen molar-refractivity contribution >= 4 is 17.6 Å². The van der Waals surface area contributed by atoms with Crippen molar-refractivity contribution in [1.29, 1.82) is 0 Å². The molecule has 1 rings (SSSR count). The second kappa shape index (κ2) is 3.46. The van der Waals surface area contributed by atoms with Crippen LogP contribution in [0.1, 0.15) is 0 Å². The number of nitrogens with zero attached hydrogens (tertiary/aromatic N) is 2. The lowest BCUT2D eigenvalue weighted by Gasteiger charge is -2.13. The van der Waals surface area contributed by atoms with Gasteiger partial charge in [-0.05, 0) is 12.1 Å². The molecule has 1 aromatic heterocycles. The van der Waals surface area contributed by atoms with Gasteiger partial charge in [-0.3, -0.25) is 4.98 Å². The highest BCUT2D eigenvalue weighted by molar-refractivity contribution is 7.99. The van der Waals surface area contributed by atoms with Crippen molar-refractivity contribution in [3.8, 4) is 0 Å². The molecule has 0 saturated heterocycles. The first-order chi connectivity index (χ1) is 4.84. The molecule has 0 unspecified atom stereocenters. The van der Waals surface area contributed by atoms with Crippen molar-refractivity contribution in [3.63, 3.8) is 0 Å². The Morgan fingerprint density at radius 2 is 2.00 bits per heavy atom. The molecule has 0 aromatic carbocycles. The van der Waals surface area contributed by atoms with Crippen molar-refractivity contribution in [3.05, 3.63) is 24.5 Å². The SMILES string of the molecule is CSN(C)c1ccncc1. The van der Waals surface area contributed by atoms with Crippen LogP contribution in [0.4, 0.5) is 5.69 Å². The zero-order valence-corrected chi connectivity index (χ0v) is 6.93. The topological polar surface area (TPSA) is 16.1 Å². The molecule has 3 heteroatoms. The van der Waals surface area contributed by atoms with Crippen LogP contribution in [0.2, 0.25) is 0 Å². The third-order valence-electron chi connectivity index (χ3n) is 1.30. The smallest absolute Gasteiger partial charge is 0.0497 e. The summed E-state index contributed by atoms with van der Waals surface area (Å²) in [6, 6.07) is 3.97. The van der Waals surface area contributed by atoms with Crippen LogP contribution in [-0.4, -0.2) is 18.3 Å². The van der Waals surface area contributed by atoms with E-state index in [1.54, 1.807) is 24.3 Å². The molecule has 0 atom stereocenters. The third-order valence-corrected chi connectivity index (χ3v) is 2.06. The van der Waals surface area contributed by atoms with Crippen LogP contribution in [-0.2, 0) is 0 Å². The van der Waals surface area contributed by atoms with E-state index < -0.39 is 0 Å². The van der Waals surface area contributed by atoms with Gasteiger partial charge in [0.05, 0.1) is 0 Å². The monoisotopic (exact) mass is 154 g/mol. The van der Waals surface area contributed by atoms with E-state index in [0.29, 0.717) is 0 Å². The fraction of sp³-hybridized carbons (Fsp3) is 0.286. The second-order valence-electron chi connectivity index (χ2n) is 1.89. The first-order valence-corrected chi connectivity index (χ1v) is 4.20. The molecule has 0 bridgehead atoms. The Balaban J connectivity index is 2.75. The van der Waals surface area contributed by atoms with Gasteiger partial charge >= 0.3 is 0 Å². The fourth-order valence-corrected chi connectivity index (χ4v) is 0.992. The van der Waals surface area contributed by atoms with Gasteiger partial charge in [-0.15, -0.1) is 0 Å². The zero-order valence-electron chi connectivity index (χ0n) is 6.11. The number of anilines is 1. The van der Waals surface area contributed by atoms with Crippen LogP contribution in [0, 0.1) is 0 Å². The van der Waals surface area contributed by atoms with E-state index in [1.165, 1.54) is 5.69 Å². The summed E-state index contributed by atoms with van der Waals surface area (Å²) < 4.78 is 2.08. The number of aromatic nitrogens is 1. The molecular weight excluding hydrogens is 144 g/mol. The van der Waals surface area contributed by atoms with Gasteiger partial charge in [0.2, 0.25) is 0 Å². The summed E-state index contributed by atoms with van der Waals surface area (Å²) in [6.07, 6.45) is 5.63. The molecule has 10 heavy (non-hydrogen) atoms. The average molecular weight is 154 g/mol. The van der Waals surface area contributed by atoms with E-state index in [9.17, 15) is 0 Å². The van der Waals surface area contributed by atoms with Crippen molar-refractivity contribution in [2.45, 2.75) is 0 Å². The minimum Gasteiger partial charge on any atom is -0.319 e. The molecule has 0 amide bonds. The second-order valence-corrected chi connectivity index (χ2v) is 2.80. The van der Waals surface area contributed by atoms with Gasteiger partial charge in [0.1, 0.15) is 0 Å². The minimum atomic E-state index is 1.18. The van der Waals surface area contributed by atoms with E-state index in [2.05, 4.69) is 9.29 Å². The predicted molar refractivity (Wildman–Crippen MR) is 46.2 cm³/mol. The molecule has 0 spiro atoms. The Hall–Kier alpha value is -0.700. The van der Waals surface area contributed by atoms with E-state index in [-0.39, 0.29) is 0 Å². The van der Waals surface area contributed by atoms with Crippen LogP contribution in [0.25, 0.3) is 0 Å². The lowest BCUT2D eigenvalue weighted by Crippen LogP contribution is -2.04. The van der Waals surface area contributed by atoms with Crippen LogP contribution in [0.5, 0.6) is 0 Å². The number of pyridine rings is 1. The molecule has 0 radical (unpaired) electrons. The molecule has 0 aliphatic heterocycles. The number of hydrogen-bond acceptors (Lipinski definition) is 3.